The van der Waals surface area contributed by atoms with Gasteiger partial charge in [0.05, 0.1) is 7.11 Å². The molecule has 1 rings (SSSR count). The molecule has 3 nitrogen and oxygen atoms in total. The van der Waals surface area contributed by atoms with Crippen LogP contribution >= 0.6 is 0 Å². The summed E-state index contributed by atoms with van der Waals surface area (Å²) in [6.07, 6.45) is 0. The molecular formula is C10H14FNO2S. The van der Waals surface area contributed by atoms with Crippen LogP contribution < -0.4 is 10.5 Å². The monoisotopic (exact) mass is 231 g/mol. The third kappa shape index (κ3) is 3.60. The number of hydrogen-bond acceptors (Lipinski definition) is 3. The maximum Gasteiger partial charge on any atom is 0.165 e. The smallest absolute Gasteiger partial charge is 0.165 e. The van der Waals surface area contributed by atoms with E-state index in [1.165, 1.54) is 19.2 Å². The second-order valence-corrected chi connectivity index (χ2v) is 4.62. The first-order valence-electron chi connectivity index (χ1n) is 4.55. The third-order valence-corrected chi connectivity index (χ3v) is 3.24. The molecule has 0 aliphatic rings. The van der Waals surface area contributed by atoms with E-state index < -0.39 is 16.6 Å². The maximum atomic E-state index is 13.2. The maximum absolute atomic E-state index is 13.2. The molecule has 1 aromatic rings. The molecule has 2 N–H and O–H groups in total. The van der Waals surface area contributed by atoms with Crippen LogP contribution in [0.15, 0.2) is 18.2 Å². The molecule has 0 spiro atoms. The van der Waals surface area contributed by atoms with Gasteiger partial charge in [-0.05, 0) is 17.7 Å². The van der Waals surface area contributed by atoms with Gasteiger partial charge in [-0.25, -0.2) is 4.39 Å². The van der Waals surface area contributed by atoms with Gasteiger partial charge in [-0.3, -0.25) is 4.21 Å². The van der Waals surface area contributed by atoms with E-state index in [1.54, 1.807) is 6.07 Å². The molecule has 15 heavy (non-hydrogen) atoms. The number of hydrogen-bond donors (Lipinski definition) is 1. The highest BCUT2D eigenvalue weighted by atomic mass is 32.2. The number of methoxy groups -OCH3 is 1. The van der Waals surface area contributed by atoms with Crippen molar-refractivity contribution in [3.05, 3.63) is 29.6 Å². The number of ether oxygens (including phenoxy) is 1. The van der Waals surface area contributed by atoms with Gasteiger partial charge in [0.2, 0.25) is 0 Å². The molecule has 0 heterocycles. The molecule has 0 aromatic heterocycles. The molecule has 0 saturated heterocycles. The summed E-state index contributed by atoms with van der Waals surface area (Å²) in [6.45, 7) is 0.380. The van der Waals surface area contributed by atoms with Gasteiger partial charge in [0.15, 0.2) is 11.6 Å². The molecule has 1 atom stereocenters. The predicted molar refractivity (Wildman–Crippen MR) is 58.7 cm³/mol. The van der Waals surface area contributed by atoms with Gasteiger partial charge in [0.1, 0.15) is 0 Å². The van der Waals surface area contributed by atoms with Gasteiger partial charge in [0.25, 0.3) is 0 Å². The van der Waals surface area contributed by atoms with Crippen LogP contribution in [0.4, 0.5) is 4.39 Å². The van der Waals surface area contributed by atoms with E-state index >= 15 is 0 Å². The first-order valence-corrected chi connectivity index (χ1v) is 6.03. The molecule has 0 bridgehead atoms. The SMILES string of the molecule is COc1ccc(CS(=O)CCN)cc1F. The Labute approximate surface area is 90.9 Å². The van der Waals surface area contributed by atoms with Crippen molar-refractivity contribution in [2.45, 2.75) is 5.75 Å². The summed E-state index contributed by atoms with van der Waals surface area (Å²) >= 11 is 0. The number of rotatable bonds is 5. The lowest BCUT2D eigenvalue weighted by Crippen LogP contribution is -2.11. The topological polar surface area (TPSA) is 52.3 Å². The summed E-state index contributed by atoms with van der Waals surface area (Å²) in [6, 6.07) is 4.58. The van der Waals surface area contributed by atoms with Crippen LogP contribution in [0.2, 0.25) is 0 Å². The van der Waals surface area contributed by atoms with E-state index in [9.17, 15) is 8.60 Å². The quantitative estimate of drug-likeness (QED) is 0.824. The van der Waals surface area contributed by atoms with Crippen LogP contribution in [0, 0.1) is 5.82 Å². The highest BCUT2D eigenvalue weighted by Gasteiger charge is 2.05. The van der Waals surface area contributed by atoms with Gasteiger partial charge < -0.3 is 10.5 Å². The Morgan fingerprint density at radius 2 is 2.27 bits per heavy atom. The minimum Gasteiger partial charge on any atom is -0.494 e. The normalized spacial score (nSPS) is 12.5. The summed E-state index contributed by atoms with van der Waals surface area (Å²) in [5.41, 5.74) is 5.97. The Kier molecular flexibility index (Phi) is 4.71. The van der Waals surface area contributed by atoms with Gasteiger partial charge in [-0.1, -0.05) is 6.07 Å². The van der Waals surface area contributed by atoms with Crippen molar-refractivity contribution < 1.29 is 13.3 Å². The Bertz CT molecular complexity index is 357. The fourth-order valence-corrected chi connectivity index (χ4v) is 2.15. The van der Waals surface area contributed by atoms with E-state index in [4.69, 9.17) is 10.5 Å². The van der Waals surface area contributed by atoms with E-state index in [0.29, 0.717) is 23.6 Å². The van der Waals surface area contributed by atoms with Crippen LogP contribution in [-0.4, -0.2) is 23.6 Å². The summed E-state index contributed by atoms with van der Waals surface area (Å²) < 4.78 is 29.4. The van der Waals surface area contributed by atoms with E-state index in [1.807, 2.05) is 0 Å². The van der Waals surface area contributed by atoms with Gasteiger partial charge in [-0.15, -0.1) is 0 Å². The van der Waals surface area contributed by atoms with E-state index in [2.05, 4.69) is 0 Å². The Hall–Kier alpha value is -0.940. The molecule has 0 amide bonds. The van der Waals surface area contributed by atoms with Crippen LogP contribution in [0.25, 0.3) is 0 Å². The van der Waals surface area contributed by atoms with Crippen molar-refractivity contribution >= 4 is 10.8 Å². The lowest BCUT2D eigenvalue weighted by atomic mass is 10.2. The molecule has 0 radical (unpaired) electrons. The first-order chi connectivity index (χ1) is 7.17. The zero-order valence-corrected chi connectivity index (χ0v) is 9.35. The zero-order chi connectivity index (χ0) is 11.3. The van der Waals surface area contributed by atoms with Crippen LogP contribution in [0.1, 0.15) is 5.56 Å². The fraction of sp³-hybridized carbons (Fsp3) is 0.400. The van der Waals surface area contributed by atoms with Gasteiger partial charge in [-0.2, -0.15) is 0 Å². The van der Waals surface area contributed by atoms with Gasteiger partial charge in [0, 0.05) is 28.9 Å². The predicted octanol–water partition coefficient (Wildman–Crippen LogP) is 1.04. The Balaban J connectivity index is 2.71. The minimum absolute atomic E-state index is 0.198. The molecule has 0 saturated carbocycles. The van der Waals surface area contributed by atoms with Crippen LogP contribution in [0.3, 0.4) is 0 Å². The van der Waals surface area contributed by atoms with Crippen molar-refractivity contribution in [2.24, 2.45) is 5.73 Å². The highest BCUT2D eigenvalue weighted by molar-refractivity contribution is 7.84. The second-order valence-electron chi connectivity index (χ2n) is 3.05. The Morgan fingerprint density at radius 3 is 2.80 bits per heavy atom. The molecule has 0 aliphatic heterocycles. The standard InChI is InChI=1S/C10H14FNO2S/c1-14-10-3-2-8(6-9(10)11)7-15(13)5-4-12/h2-3,6H,4-5,7,12H2,1H3. The summed E-state index contributed by atoms with van der Waals surface area (Å²) in [4.78, 5) is 0. The molecule has 0 aliphatic carbocycles. The van der Waals surface area contributed by atoms with Crippen LogP contribution in [0.5, 0.6) is 5.75 Å². The zero-order valence-electron chi connectivity index (χ0n) is 8.53. The minimum atomic E-state index is -1.02. The number of benzene rings is 1. The van der Waals surface area contributed by atoms with Crippen molar-refractivity contribution in [3.63, 3.8) is 0 Å². The van der Waals surface area contributed by atoms with E-state index in [-0.39, 0.29) is 5.75 Å². The van der Waals surface area contributed by atoms with Crippen molar-refractivity contribution in [2.75, 3.05) is 19.4 Å². The molecule has 84 valence electrons. The lowest BCUT2D eigenvalue weighted by Gasteiger charge is -2.04. The Morgan fingerprint density at radius 1 is 1.53 bits per heavy atom. The van der Waals surface area contributed by atoms with Crippen molar-refractivity contribution in [1.29, 1.82) is 0 Å². The number of nitrogens with two attached hydrogens (primary N) is 1. The second kappa shape index (κ2) is 5.82. The van der Waals surface area contributed by atoms with Gasteiger partial charge >= 0.3 is 0 Å². The van der Waals surface area contributed by atoms with Crippen LogP contribution in [-0.2, 0) is 16.6 Å². The molecular weight excluding hydrogens is 217 g/mol. The molecule has 0 fully saturated rings. The highest BCUT2D eigenvalue weighted by Crippen LogP contribution is 2.18. The average molecular weight is 231 g/mol. The summed E-state index contributed by atoms with van der Waals surface area (Å²) in [7, 11) is 0.387. The van der Waals surface area contributed by atoms with Crippen molar-refractivity contribution in [1.82, 2.24) is 0 Å². The molecule has 1 unspecified atom stereocenters. The third-order valence-electron chi connectivity index (χ3n) is 1.89. The number of halogens is 1. The molecule has 1 aromatic carbocycles. The molecule has 5 heteroatoms. The average Bonchev–Trinajstić information content (AvgIpc) is 2.18. The first kappa shape index (κ1) is 12.1. The summed E-state index contributed by atoms with van der Waals surface area (Å²) in [5.74, 6) is 0.536. The van der Waals surface area contributed by atoms with E-state index in [0.717, 1.165) is 0 Å². The largest absolute Gasteiger partial charge is 0.494 e. The lowest BCUT2D eigenvalue weighted by molar-refractivity contribution is 0.386. The summed E-state index contributed by atoms with van der Waals surface area (Å²) in [5, 5.41) is 0. The van der Waals surface area contributed by atoms with Crippen molar-refractivity contribution in [3.8, 4) is 5.75 Å². The fourth-order valence-electron chi connectivity index (χ4n) is 1.19.